The van der Waals surface area contributed by atoms with E-state index in [-0.39, 0.29) is 5.91 Å². The summed E-state index contributed by atoms with van der Waals surface area (Å²) in [6.45, 7) is 0. The van der Waals surface area contributed by atoms with Crippen molar-refractivity contribution in [3.63, 3.8) is 0 Å². The fourth-order valence-corrected chi connectivity index (χ4v) is 2.23. The first-order valence-corrected chi connectivity index (χ1v) is 7.18. The maximum absolute atomic E-state index is 12.0. The van der Waals surface area contributed by atoms with Crippen LogP contribution in [0.5, 0.6) is 0 Å². The van der Waals surface area contributed by atoms with Crippen LogP contribution in [0.1, 0.15) is 16.1 Å². The normalized spacial score (nSPS) is 11.1. The second-order valence-corrected chi connectivity index (χ2v) is 5.44. The topological polar surface area (TPSA) is 57.2 Å². The number of nitrogens with zero attached hydrogens (tertiary/aromatic N) is 1. The molecule has 0 spiro atoms. The molecule has 0 atom stereocenters. The van der Waals surface area contributed by atoms with Crippen molar-refractivity contribution >= 4 is 39.0 Å². The van der Waals surface area contributed by atoms with Crippen molar-refractivity contribution in [2.75, 3.05) is 0 Å². The van der Waals surface area contributed by atoms with Gasteiger partial charge in [-0.2, -0.15) is 5.10 Å². The van der Waals surface area contributed by atoms with Crippen LogP contribution in [0.25, 0.3) is 10.9 Å². The fourth-order valence-electron chi connectivity index (χ4n) is 1.97. The van der Waals surface area contributed by atoms with Gasteiger partial charge in [-0.1, -0.05) is 46.3 Å². The Morgan fingerprint density at radius 1 is 1.14 bits per heavy atom. The third kappa shape index (κ3) is 3.20. The number of carbonyl (C=O) groups excluding carboxylic acids is 1. The Balaban J connectivity index is 1.70. The van der Waals surface area contributed by atoms with Crippen LogP contribution in [-0.2, 0) is 0 Å². The van der Waals surface area contributed by atoms with E-state index in [4.69, 9.17) is 0 Å². The summed E-state index contributed by atoms with van der Waals surface area (Å²) in [6.07, 6.45) is 1.60. The van der Waals surface area contributed by atoms with E-state index in [2.05, 4.69) is 31.4 Å². The zero-order valence-corrected chi connectivity index (χ0v) is 12.6. The second-order valence-electron chi connectivity index (χ2n) is 4.52. The van der Waals surface area contributed by atoms with Crippen molar-refractivity contribution in [1.29, 1.82) is 0 Å². The third-order valence-corrected chi connectivity index (χ3v) is 3.55. The van der Waals surface area contributed by atoms with E-state index >= 15 is 0 Å². The Labute approximate surface area is 130 Å². The molecule has 0 radical (unpaired) electrons. The number of hydrogen-bond acceptors (Lipinski definition) is 2. The molecular formula is C16H12BrN3O. The highest BCUT2D eigenvalue weighted by atomic mass is 79.9. The van der Waals surface area contributed by atoms with Crippen LogP contribution >= 0.6 is 15.9 Å². The molecule has 2 N–H and O–H groups in total. The van der Waals surface area contributed by atoms with Gasteiger partial charge in [0.05, 0.1) is 6.21 Å². The molecule has 0 fully saturated rings. The molecule has 3 rings (SSSR count). The molecule has 0 aliphatic carbocycles. The predicted molar refractivity (Wildman–Crippen MR) is 87.5 cm³/mol. The van der Waals surface area contributed by atoms with Crippen molar-refractivity contribution in [3.8, 4) is 0 Å². The van der Waals surface area contributed by atoms with Gasteiger partial charge in [-0.3, -0.25) is 4.79 Å². The summed E-state index contributed by atoms with van der Waals surface area (Å²) in [6, 6.07) is 17.2. The summed E-state index contributed by atoms with van der Waals surface area (Å²) >= 11 is 3.37. The molecule has 0 aliphatic rings. The Kier molecular flexibility index (Phi) is 3.83. The SMILES string of the molecule is O=C(NN=Cc1ccc(Br)cc1)c1cc2ccccc2[nH]1. The molecule has 0 saturated heterocycles. The molecule has 1 aromatic heterocycles. The number of halogens is 1. The number of hydrazone groups is 1. The highest BCUT2D eigenvalue weighted by molar-refractivity contribution is 9.10. The van der Waals surface area contributed by atoms with E-state index in [9.17, 15) is 4.79 Å². The van der Waals surface area contributed by atoms with Crippen LogP contribution < -0.4 is 5.43 Å². The average Bonchev–Trinajstić information content (AvgIpc) is 2.93. The maximum Gasteiger partial charge on any atom is 0.287 e. The molecule has 0 unspecified atom stereocenters. The number of H-pyrrole nitrogens is 1. The quantitative estimate of drug-likeness (QED) is 0.553. The van der Waals surface area contributed by atoms with Crippen LogP contribution in [0.3, 0.4) is 0 Å². The first kappa shape index (κ1) is 13.6. The standard InChI is InChI=1S/C16H12BrN3O/c17-13-7-5-11(6-8-13)10-18-20-16(21)15-9-12-3-1-2-4-14(12)19-15/h1-10,19H,(H,20,21). The first-order valence-electron chi connectivity index (χ1n) is 6.39. The number of amides is 1. The molecule has 0 bridgehead atoms. The lowest BCUT2D eigenvalue weighted by atomic mass is 10.2. The maximum atomic E-state index is 12.0. The van der Waals surface area contributed by atoms with Gasteiger partial charge < -0.3 is 4.98 Å². The number of benzene rings is 2. The number of nitrogens with one attached hydrogen (secondary N) is 2. The number of carbonyl (C=O) groups is 1. The van der Waals surface area contributed by atoms with Crippen LogP contribution in [0.2, 0.25) is 0 Å². The summed E-state index contributed by atoms with van der Waals surface area (Å²) in [5, 5.41) is 4.96. The minimum Gasteiger partial charge on any atom is -0.350 e. The summed E-state index contributed by atoms with van der Waals surface area (Å²) in [4.78, 5) is 15.1. The van der Waals surface area contributed by atoms with Crippen LogP contribution in [0.15, 0.2) is 64.2 Å². The van der Waals surface area contributed by atoms with E-state index in [0.717, 1.165) is 20.9 Å². The zero-order valence-electron chi connectivity index (χ0n) is 11.0. The van der Waals surface area contributed by atoms with Gasteiger partial charge in [-0.15, -0.1) is 0 Å². The van der Waals surface area contributed by atoms with E-state index in [1.54, 1.807) is 12.3 Å². The van der Waals surface area contributed by atoms with Gasteiger partial charge in [0.1, 0.15) is 5.69 Å². The fraction of sp³-hybridized carbons (Fsp3) is 0. The van der Waals surface area contributed by atoms with Crippen molar-refractivity contribution in [3.05, 3.63) is 70.3 Å². The highest BCUT2D eigenvalue weighted by Crippen LogP contribution is 2.14. The minimum absolute atomic E-state index is 0.264. The molecule has 1 amide bonds. The Morgan fingerprint density at radius 2 is 1.90 bits per heavy atom. The van der Waals surface area contributed by atoms with Crippen molar-refractivity contribution in [2.45, 2.75) is 0 Å². The van der Waals surface area contributed by atoms with Gasteiger partial charge in [0.15, 0.2) is 0 Å². The molecule has 3 aromatic rings. The number of para-hydroxylation sites is 1. The summed E-state index contributed by atoms with van der Waals surface area (Å²) in [7, 11) is 0. The molecule has 2 aromatic carbocycles. The van der Waals surface area contributed by atoms with Crippen LogP contribution in [0.4, 0.5) is 0 Å². The Hall–Kier alpha value is -2.40. The molecule has 21 heavy (non-hydrogen) atoms. The number of hydrogen-bond donors (Lipinski definition) is 2. The lowest BCUT2D eigenvalue weighted by Gasteiger charge is -1.96. The van der Waals surface area contributed by atoms with Gasteiger partial charge >= 0.3 is 0 Å². The van der Waals surface area contributed by atoms with Gasteiger partial charge in [-0.25, -0.2) is 5.43 Å². The zero-order chi connectivity index (χ0) is 14.7. The van der Waals surface area contributed by atoms with E-state index < -0.39 is 0 Å². The highest BCUT2D eigenvalue weighted by Gasteiger charge is 2.07. The van der Waals surface area contributed by atoms with Crippen molar-refractivity contribution < 1.29 is 4.79 Å². The Morgan fingerprint density at radius 3 is 2.67 bits per heavy atom. The molecule has 5 heteroatoms. The number of aromatic nitrogens is 1. The van der Waals surface area contributed by atoms with Gasteiger partial charge in [0, 0.05) is 15.4 Å². The lowest BCUT2D eigenvalue weighted by Crippen LogP contribution is -2.17. The van der Waals surface area contributed by atoms with E-state index in [0.29, 0.717) is 5.69 Å². The van der Waals surface area contributed by atoms with Gasteiger partial charge in [0.25, 0.3) is 5.91 Å². The van der Waals surface area contributed by atoms with Crippen molar-refractivity contribution in [2.24, 2.45) is 5.10 Å². The number of fused-ring (bicyclic) bond motifs is 1. The number of rotatable bonds is 3. The molecule has 4 nitrogen and oxygen atoms in total. The van der Waals surface area contributed by atoms with Crippen LogP contribution in [0, 0.1) is 0 Å². The largest absolute Gasteiger partial charge is 0.350 e. The van der Waals surface area contributed by atoms with Gasteiger partial charge in [-0.05, 0) is 29.8 Å². The van der Waals surface area contributed by atoms with Crippen LogP contribution in [-0.4, -0.2) is 17.1 Å². The molecule has 1 heterocycles. The minimum atomic E-state index is -0.264. The molecule has 104 valence electrons. The predicted octanol–water partition coefficient (Wildman–Crippen LogP) is 3.69. The summed E-state index contributed by atoms with van der Waals surface area (Å²) in [5.74, 6) is -0.264. The molecule has 0 aliphatic heterocycles. The molecular weight excluding hydrogens is 330 g/mol. The van der Waals surface area contributed by atoms with Gasteiger partial charge in [0.2, 0.25) is 0 Å². The smallest absolute Gasteiger partial charge is 0.287 e. The monoisotopic (exact) mass is 341 g/mol. The third-order valence-electron chi connectivity index (χ3n) is 3.02. The Bertz CT molecular complexity index is 773. The van der Waals surface area contributed by atoms with E-state index in [1.165, 1.54) is 0 Å². The average molecular weight is 342 g/mol. The number of aromatic amines is 1. The van der Waals surface area contributed by atoms with Crippen molar-refractivity contribution in [1.82, 2.24) is 10.4 Å². The second kappa shape index (κ2) is 5.93. The summed E-state index contributed by atoms with van der Waals surface area (Å²) < 4.78 is 1.00. The molecule has 0 saturated carbocycles. The summed E-state index contributed by atoms with van der Waals surface area (Å²) in [5.41, 5.74) is 4.84. The first-order chi connectivity index (χ1) is 10.2. The van der Waals surface area contributed by atoms with E-state index in [1.807, 2.05) is 48.5 Å². The lowest BCUT2D eigenvalue weighted by molar-refractivity contribution is 0.0951.